The molecule has 0 saturated heterocycles. The number of hydrogen-bond donors (Lipinski definition) is 1. The van der Waals surface area contributed by atoms with E-state index < -0.39 is 9.84 Å². The van der Waals surface area contributed by atoms with Crippen molar-refractivity contribution in [3.8, 4) is 0 Å². The summed E-state index contributed by atoms with van der Waals surface area (Å²) in [6.45, 7) is 4.52. The van der Waals surface area contributed by atoms with Crippen molar-refractivity contribution < 1.29 is 13.5 Å². The number of aliphatic hydroxyl groups excluding tert-OH is 1. The first kappa shape index (κ1) is 16.3. The summed E-state index contributed by atoms with van der Waals surface area (Å²) in [5.41, 5.74) is 0.190. The average molecular weight is 302 g/mol. The van der Waals surface area contributed by atoms with Crippen LogP contribution >= 0.6 is 0 Å². The zero-order chi connectivity index (χ0) is 15.0. The van der Waals surface area contributed by atoms with E-state index in [2.05, 4.69) is 13.8 Å². The van der Waals surface area contributed by atoms with Gasteiger partial charge in [-0.3, -0.25) is 0 Å². The van der Waals surface area contributed by atoms with Gasteiger partial charge in [-0.2, -0.15) is 0 Å². The van der Waals surface area contributed by atoms with E-state index in [-0.39, 0.29) is 22.7 Å². The molecule has 0 amide bonds. The zero-order valence-corrected chi connectivity index (χ0v) is 14.0. The number of hydrogen-bond acceptors (Lipinski definition) is 3. The minimum absolute atomic E-state index is 0.172. The molecule has 4 unspecified atom stereocenters. The average Bonchev–Trinajstić information content (AvgIpc) is 2.37. The monoisotopic (exact) mass is 302 g/mol. The van der Waals surface area contributed by atoms with Crippen LogP contribution in [0.15, 0.2) is 0 Å². The van der Waals surface area contributed by atoms with Crippen LogP contribution in [-0.4, -0.2) is 31.1 Å². The summed E-state index contributed by atoms with van der Waals surface area (Å²) in [6.07, 6.45) is 9.10. The fourth-order valence-corrected chi connectivity index (χ4v) is 5.55. The van der Waals surface area contributed by atoms with Crippen molar-refractivity contribution in [1.82, 2.24) is 0 Å². The summed E-state index contributed by atoms with van der Waals surface area (Å²) in [5, 5.41) is 10.6. The SMILES string of the molecule is CC1(C)CCCCC1C(O)C1CCCC(S(C)(=O)=O)C1. The standard InChI is InChI=1S/C16H30O3S/c1-16(2)10-5-4-9-14(16)15(17)12-7-6-8-13(11-12)20(3,18)19/h12-15,17H,4-11H2,1-3H3. The lowest BCUT2D eigenvalue weighted by atomic mass is 9.63. The molecule has 2 rings (SSSR count). The molecule has 2 aliphatic rings. The maximum Gasteiger partial charge on any atom is 0.150 e. The molecule has 3 nitrogen and oxygen atoms in total. The molecule has 2 aliphatic carbocycles. The lowest BCUT2D eigenvalue weighted by molar-refractivity contribution is -0.0373. The van der Waals surface area contributed by atoms with Crippen molar-refractivity contribution in [2.24, 2.45) is 17.3 Å². The predicted molar refractivity (Wildman–Crippen MR) is 82.3 cm³/mol. The largest absolute Gasteiger partial charge is 0.393 e. The van der Waals surface area contributed by atoms with Gasteiger partial charge in [-0.1, -0.05) is 33.1 Å². The second kappa shape index (κ2) is 5.96. The first-order valence-electron chi connectivity index (χ1n) is 8.09. The van der Waals surface area contributed by atoms with Crippen LogP contribution in [0.1, 0.15) is 65.2 Å². The van der Waals surface area contributed by atoms with Gasteiger partial charge in [-0.25, -0.2) is 8.42 Å². The Morgan fingerprint density at radius 3 is 2.40 bits per heavy atom. The molecule has 1 N–H and O–H groups in total. The van der Waals surface area contributed by atoms with E-state index in [0.717, 1.165) is 25.7 Å². The van der Waals surface area contributed by atoms with Gasteiger partial charge in [0.25, 0.3) is 0 Å². The normalized spacial score (nSPS) is 36.5. The highest BCUT2D eigenvalue weighted by atomic mass is 32.2. The molecule has 20 heavy (non-hydrogen) atoms. The Labute approximate surface area is 124 Å². The van der Waals surface area contributed by atoms with Crippen molar-refractivity contribution in [2.75, 3.05) is 6.26 Å². The Kier molecular flexibility index (Phi) is 4.85. The molecule has 118 valence electrons. The Morgan fingerprint density at radius 2 is 1.80 bits per heavy atom. The smallest absolute Gasteiger partial charge is 0.150 e. The first-order chi connectivity index (χ1) is 9.22. The van der Waals surface area contributed by atoms with Gasteiger partial charge >= 0.3 is 0 Å². The van der Waals surface area contributed by atoms with Gasteiger partial charge in [-0.05, 0) is 49.4 Å². The van der Waals surface area contributed by atoms with Crippen LogP contribution in [0.4, 0.5) is 0 Å². The van der Waals surface area contributed by atoms with Crippen LogP contribution < -0.4 is 0 Å². The first-order valence-corrected chi connectivity index (χ1v) is 10.0. The summed E-state index contributed by atoms with van der Waals surface area (Å²) in [7, 11) is -2.96. The highest BCUT2D eigenvalue weighted by Gasteiger charge is 2.42. The van der Waals surface area contributed by atoms with E-state index >= 15 is 0 Å². The minimum atomic E-state index is -2.96. The van der Waals surface area contributed by atoms with E-state index in [9.17, 15) is 13.5 Å². The molecule has 0 heterocycles. The van der Waals surface area contributed by atoms with Crippen LogP contribution in [0.2, 0.25) is 0 Å². The summed E-state index contributed by atoms with van der Waals surface area (Å²) in [6, 6.07) is 0. The maximum absolute atomic E-state index is 11.8. The molecule has 0 aromatic rings. The van der Waals surface area contributed by atoms with Gasteiger partial charge < -0.3 is 5.11 Å². The maximum atomic E-state index is 11.8. The summed E-state index contributed by atoms with van der Waals surface area (Å²) in [5.74, 6) is 0.505. The molecule has 0 aliphatic heterocycles. The van der Waals surface area contributed by atoms with Gasteiger partial charge in [0, 0.05) is 6.26 Å². The van der Waals surface area contributed by atoms with Crippen molar-refractivity contribution in [3.63, 3.8) is 0 Å². The highest BCUT2D eigenvalue weighted by molar-refractivity contribution is 7.91. The second-order valence-corrected chi connectivity index (χ2v) is 10.0. The van der Waals surface area contributed by atoms with Crippen molar-refractivity contribution in [3.05, 3.63) is 0 Å². The van der Waals surface area contributed by atoms with E-state index in [1.54, 1.807) is 0 Å². The number of rotatable bonds is 3. The number of aliphatic hydroxyl groups is 1. The van der Waals surface area contributed by atoms with Crippen LogP contribution in [0.5, 0.6) is 0 Å². The fourth-order valence-electron chi connectivity index (χ4n) is 4.36. The van der Waals surface area contributed by atoms with Crippen LogP contribution in [0.3, 0.4) is 0 Å². The minimum Gasteiger partial charge on any atom is -0.393 e. The predicted octanol–water partition coefficient (Wildman–Crippen LogP) is 3.17. The van der Waals surface area contributed by atoms with Crippen LogP contribution in [0, 0.1) is 17.3 Å². The Morgan fingerprint density at radius 1 is 1.10 bits per heavy atom. The van der Waals surface area contributed by atoms with Crippen LogP contribution in [0.25, 0.3) is 0 Å². The molecule has 0 aromatic heterocycles. The van der Waals surface area contributed by atoms with Crippen molar-refractivity contribution in [2.45, 2.75) is 76.6 Å². The lowest BCUT2D eigenvalue weighted by Crippen LogP contribution is -2.43. The molecule has 2 saturated carbocycles. The van der Waals surface area contributed by atoms with E-state index in [0.29, 0.717) is 12.3 Å². The Balaban J connectivity index is 2.06. The van der Waals surface area contributed by atoms with Gasteiger partial charge in [0.2, 0.25) is 0 Å². The third kappa shape index (κ3) is 3.56. The highest BCUT2D eigenvalue weighted by Crippen LogP contribution is 2.46. The molecule has 0 aromatic carbocycles. The molecule has 0 bridgehead atoms. The molecule has 0 radical (unpaired) electrons. The molecule has 4 atom stereocenters. The topological polar surface area (TPSA) is 54.4 Å². The molecular formula is C16H30O3S. The van der Waals surface area contributed by atoms with E-state index in [1.807, 2.05) is 0 Å². The summed E-state index contributed by atoms with van der Waals surface area (Å²) >= 11 is 0. The van der Waals surface area contributed by atoms with E-state index in [4.69, 9.17) is 0 Å². The van der Waals surface area contributed by atoms with Gasteiger partial charge in [0.1, 0.15) is 9.84 Å². The lowest BCUT2D eigenvalue weighted by Gasteiger charge is -2.45. The molecular weight excluding hydrogens is 272 g/mol. The van der Waals surface area contributed by atoms with E-state index in [1.165, 1.54) is 25.5 Å². The Bertz CT molecular complexity index is 427. The number of sulfone groups is 1. The van der Waals surface area contributed by atoms with Gasteiger partial charge in [0.15, 0.2) is 0 Å². The van der Waals surface area contributed by atoms with Crippen LogP contribution in [-0.2, 0) is 9.84 Å². The van der Waals surface area contributed by atoms with Crippen molar-refractivity contribution >= 4 is 9.84 Å². The van der Waals surface area contributed by atoms with Gasteiger partial charge in [-0.15, -0.1) is 0 Å². The zero-order valence-electron chi connectivity index (χ0n) is 13.1. The van der Waals surface area contributed by atoms with Gasteiger partial charge in [0.05, 0.1) is 11.4 Å². The third-order valence-electron chi connectivity index (χ3n) is 5.76. The fraction of sp³-hybridized carbons (Fsp3) is 1.00. The second-order valence-electron chi connectivity index (χ2n) is 7.71. The molecule has 4 heteroatoms. The van der Waals surface area contributed by atoms with Crippen molar-refractivity contribution in [1.29, 1.82) is 0 Å². The molecule has 0 spiro atoms. The molecule has 2 fully saturated rings. The Hall–Kier alpha value is -0.0900. The quantitative estimate of drug-likeness (QED) is 0.871. The third-order valence-corrected chi connectivity index (χ3v) is 7.40. The summed E-state index contributed by atoms with van der Waals surface area (Å²) in [4.78, 5) is 0. The summed E-state index contributed by atoms with van der Waals surface area (Å²) < 4.78 is 23.6.